The minimum absolute atomic E-state index is 0.0265. The van der Waals surface area contributed by atoms with Crippen molar-refractivity contribution in [3.8, 4) is 11.5 Å². The molecule has 8 nitrogen and oxygen atoms in total. The number of rotatable bonds is 10. The van der Waals surface area contributed by atoms with Crippen LogP contribution in [0.1, 0.15) is 19.3 Å². The summed E-state index contributed by atoms with van der Waals surface area (Å²) in [5.74, 6) is -0.260. The predicted octanol–water partition coefficient (Wildman–Crippen LogP) is 4.15. The Labute approximate surface area is 191 Å². The number of carbonyl (C=O) groups excluding carboxylic acids is 3. The first-order valence-corrected chi connectivity index (χ1v) is 10.4. The normalized spacial score (nSPS) is 10.4. The van der Waals surface area contributed by atoms with Crippen LogP contribution in [0.3, 0.4) is 0 Å². The zero-order valence-corrected chi connectivity index (χ0v) is 18.6. The van der Waals surface area contributed by atoms with Crippen LogP contribution >= 0.6 is 0 Å². The fourth-order valence-corrected chi connectivity index (χ4v) is 3.26. The number of benzene rings is 3. The van der Waals surface area contributed by atoms with Crippen molar-refractivity contribution in [2.75, 3.05) is 31.5 Å². The molecule has 3 rings (SSSR count). The quantitative estimate of drug-likeness (QED) is 0.450. The maximum Gasteiger partial charge on any atom is 0.306 e. The molecule has 33 heavy (non-hydrogen) atoms. The lowest BCUT2D eigenvalue weighted by atomic mass is 10.1. The second-order valence-electron chi connectivity index (χ2n) is 7.20. The fourth-order valence-electron chi connectivity index (χ4n) is 3.26. The zero-order chi connectivity index (χ0) is 23.6. The van der Waals surface area contributed by atoms with Crippen LogP contribution in [0.2, 0.25) is 0 Å². The lowest BCUT2D eigenvalue weighted by Crippen LogP contribution is -2.21. The van der Waals surface area contributed by atoms with E-state index in [1.165, 1.54) is 14.2 Å². The number of nitrogens with one attached hydrogen (secondary N) is 2. The molecule has 0 aliphatic carbocycles. The molecule has 0 aliphatic rings. The number of fused-ring (bicyclic) bond motifs is 1. The smallest absolute Gasteiger partial charge is 0.306 e. The van der Waals surface area contributed by atoms with E-state index in [1.54, 1.807) is 18.2 Å². The van der Waals surface area contributed by atoms with Gasteiger partial charge in [0.2, 0.25) is 5.91 Å². The van der Waals surface area contributed by atoms with Crippen molar-refractivity contribution in [2.24, 2.45) is 0 Å². The maximum absolute atomic E-state index is 12.3. The highest BCUT2D eigenvalue weighted by molar-refractivity contribution is 6.02. The first kappa shape index (κ1) is 23.6. The summed E-state index contributed by atoms with van der Waals surface area (Å²) in [6, 6.07) is 18.4. The maximum atomic E-state index is 12.3. The van der Waals surface area contributed by atoms with E-state index < -0.39 is 18.5 Å². The molecule has 3 aromatic carbocycles. The van der Waals surface area contributed by atoms with Gasteiger partial charge in [0.1, 0.15) is 11.5 Å². The number of hydrogen-bond acceptors (Lipinski definition) is 6. The molecule has 0 heterocycles. The van der Waals surface area contributed by atoms with Crippen LogP contribution in [0.25, 0.3) is 10.8 Å². The molecule has 0 aliphatic heterocycles. The third kappa shape index (κ3) is 6.70. The van der Waals surface area contributed by atoms with Gasteiger partial charge in [-0.25, -0.2) is 0 Å². The highest BCUT2D eigenvalue weighted by Gasteiger charge is 2.13. The number of ether oxygens (including phenoxy) is 3. The molecule has 0 saturated carbocycles. The van der Waals surface area contributed by atoms with Crippen molar-refractivity contribution in [3.05, 3.63) is 60.7 Å². The molecular weight excluding hydrogens is 424 g/mol. The van der Waals surface area contributed by atoms with Crippen molar-refractivity contribution in [1.29, 1.82) is 0 Å². The van der Waals surface area contributed by atoms with Gasteiger partial charge < -0.3 is 24.8 Å². The Morgan fingerprint density at radius 2 is 1.55 bits per heavy atom. The van der Waals surface area contributed by atoms with Crippen LogP contribution in [0, 0.1) is 0 Å². The Kier molecular flexibility index (Phi) is 8.24. The molecule has 0 bridgehead atoms. The van der Waals surface area contributed by atoms with E-state index in [4.69, 9.17) is 14.2 Å². The largest absolute Gasteiger partial charge is 0.497 e. The summed E-state index contributed by atoms with van der Waals surface area (Å²) in [6.45, 7) is -0.443. The molecule has 8 heteroatoms. The Hall–Kier alpha value is -4.07. The van der Waals surface area contributed by atoms with Crippen LogP contribution in [-0.4, -0.2) is 38.6 Å². The van der Waals surface area contributed by atoms with Gasteiger partial charge in [0.05, 0.1) is 19.9 Å². The zero-order valence-electron chi connectivity index (χ0n) is 18.6. The molecule has 0 aromatic heterocycles. The van der Waals surface area contributed by atoms with Gasteiger partial charge in [-0.1, -0.05) is 36.4 Å². The predicted molar refractivity (Wildman–Crippen MR) is 126 cm³/mol. The van der Waals surface area contributed by atoms with Gasteiger partial charge in [0, 0.05) is 30.0 Å². The van der Waals surface area contributed by atoms with E-state index in [1.807, 2.05) is 42.5 Å². The van der Waals surface area contributed by atoms with Gasteiger partial charge in [-0.2, -0.15) is 0 Å². The molecule has 3 aromatic rings. The van der Waals surface area contributed by atoms with Crippen molar-refractivity contribution >= 4 is 39.9 Å². The number of anilines is 2. The third-order valence-corrected chi connectivity index (χ3v) is 4.89. The molecular formula is C25H26N2O6. The van der Waals surface area contributed by atoms with E-state index >= 15 is 0 Å². The first-order chi connectivity index (χ1) is 16.0. The van der Waals surface area contributed by atoms with Crippen LogP contribution in [0.5, 0.6) is 11.5 Å². The fraction of sp³-hybridized carbons (Fsp3) is 0.240. The van der Waals surface area contributed by atoms with Crippen molar-refractivity contribution in [3.63, 3.8) is 0 Å². The third-order valence-electron chi connectivity index (χ3n) is 4.89. The van der Waals surface area contributed by atoms with Gasteiger partial charge in [0.15, 0.2) is 6.61 Å². The van der Waals surface area contributed by atoms with Crippen molar-refractivity contribution in [1.82, 2.24) is 0 Å². The van der Waals surface area contributed by atoms with E-state index in [-0.39, 0.29) is 18.7 Å². The average Bonchev–Trinajstić information content (AvgIpc) is 2.83. The van der Waals surface area contributed by atoms with E-state index in [0.717, 1.165) is 16.5 Å². The molecule has 0 radical (unpaired) electrons. The summed E-state index contributed by atoms with van der Waals surface area (Å²) in [4.78, 5) is 36.4. The standard InChI is InChI=1S/C25H26N2O6/c1-31-18-13-14-22(32-2)21(15-18)27-24(29)16-33-25(30)12-6-11-23(28)26-20-10-5-8-17-7-3-4-9-19(17)20/h3-5,7-10,13-15H,6,11-12,16H2,1-2H3,(H,26,28)(H,27,29). The van der Waals surface area contributed by atoms with E-state index in [2.05, 4.69) is 10.6 Å². The molecule has 2 amide bonds. The van der Waals surface area contributed by atoms with Crippen molar-refractivity contribution in [2.45, 2.75) is 19.3 Å². The molecule has 0 spiro atoms. The highest BCUT2D eigenvalue weighted by atomic mass is 16.5. The summed E-state index contributed by atoms with van der Waals surface area (Å²) in [7, 11) is 2.99. The monoisotopic (exact) mass is 450 g/mol. The molecule has 0 atom stereocenters. The van der Waals surface area contributed by atoms with Crippen molar-refractivity contribution < 1.29 is 28.6 Å². The Bertz CT molecular complexity index is 1140. The average molecular weight is 450 g/mol. The Morgan fingerprint density at radius 1 is 0.788 bits per heavy atom. The molecule has 172 valence electrons. The molecule has 0 fully saturated rings. The molecule has 0 unspecified atom stereocenters. The second kappa shape index (κ2) is 11.5. The minimum Gasteiger partial charge on any atom is -0.497 e. The van der Waals surface area contributed by atoms with Gasteiger partial charge in [-0.3, -0.25) is 14.4 Å². The van der Waals surface area contributed by atoms with Gasteiger partial charge in [0.25, 0.3) is 5.91 Å². The lowest BCUT2D eigenvalue weighted by Gasteiger charge is -2.12. The van der Waals surface area contributed by atoms with Gasteiger partial charge in [-0.15, -0.1) is 0 Å². The van der Waals surface area contributed by atoms with E-state index in [9.17, 15) is 14.4 Å². The number of esters is 1. The summed E-state index contributed by atoms with van der Waals surface area (Å²) in [5, 5.41) is 7.48. The number of amides is 2. The van der Waals surface area contributed by atoms with Crippen LogP contribution in [0.15, 0.2) is 60.7 Å². The minimum atomic E-state index is -0.555. The number of carbonyl (C=O) groups is 3. The van der Waals surface area contributed by atoms with Gasteiger partial charge >= 0.3 is 5.97 Å². The highest BCUT2D eigenvalue weighted by Crippen LogP contribution is 2.28. The SMILES string of the molecule is COc1ccc(OC)c(NC(=O)COC(=O)CCCC(=O)Nc2cccc3ccccc23)c1. The summed E-state index contributed by atoms with van der Waals surface area (Å²) in [5.41, 5.74) is 1.13. The van der Waals surface area contributed by atoms with Crippen LogP contribution < -0.4 is 20.1 Å². The Morgan fingerprint density at radius 3 is 2.33 bits per heavy atom. The number of hydrogen-bond donors (Lipinski definition) is 2. The molecule has 0 saturated heterocycles. The number of methoxy groups -OCH3 is 2. The molecule has 2 N–H and O–H groups in total. The lowest BCUT2D eigenvalue weighted by molar-refractivity contribution is -0.147. The Balaban J connectivity index is 1.41. The van der Waals surface area contributed by atoms with Crippen LogP contribution in [0.4, 0.5) is 11.4 Å². The van der Waals surface area contributed by atoms with Gasteiger partial charge in [-0.05, 0) is 30.0 Å². The summed E-state index contributed by atoms with van der Waals surface area (Å²) in [6.07, 6.45) is 0.491. The van der Waals surface area contributed by atoms with E-state index in [0.29, 0.717) is 23.6 Å². The van der Waals surface area contributed by atoms with Crippen LogP contribution in [-0.2, 0) is 19.1 Å². The topological polar surface area (TPSA) is 103 Å². The second-order valence-corrected chi connectivity index (χ2v) is 7.20. The summed E-state index contributed by atoms with van der Waals surface area (Å²) < 4.78 is 15.3. The summed E-state index contributed by atoms with van der Waals surface area (Å²) >= 11 is 0. The first-order valence-electron chi connectivity index (χ1n) is 10.4.